The zero-order valence-electron chi connectivity index (χ0n) is 11.7. The molecular weight excluding hydrogens is 265 g/mol. The molecule has 0 saturated carbocycles. The summed E-state index contributed by atoms with van der Waals surface area (Å²) < 4.78 is 37.7. The molecule has 2 nitrogen and oxygen atoms in total. The van der Waals surface area contributed by atoms with E-state index >= 15 is 0 Å². The molecule has 0 spiro atoms. The van der Waals surface area contributed by atoms with E-state index in [0.29, 0.717) is 12.5 Å². The largest absolute Gasteiger partial charge is 0.416 e. The van der Waals surface area contributed by atoms with E-state index in [0.717, 1.165) is 37.2 Å². The van der Waals surface area contributed by atoms with Crippen LogP contribution in [0.3, 0.4) is 0 Å². The van der Waals surface area contributed by atoms with Crippen LogP contribution < -0.4 is 5.73 Å². The Morgan fingerprint density at radius 2 is 1.95 bits per heavy atom. The maximum Gasteiger partial charge on any atom is 0.416 e. The molecular formula is C15H21F3N2. The summed E-state index contributed by atoms with van der Waals surface area (Å²) in [4.78, 5) is 2.29. The predicted octanol–water partition coefficient (Wildman–Crippen LogP) is 3.44. The van der Waals surface area contributed by atoms with Crippen LogP contribution in [-0.2, 0) is 6.18 Å². The number of rotatable bonds is 3. The quantitative estimate of drug-likeness (QED) is 0.922. The summed E-state index contributed by atoms with van der Waals surface area (Å²) in [6.07, 6.45) is -1.95. The Balaban J connectivity index is 2.15. The topological polar surface area (TPSA) is 29.3 Å². The summed E-state index contributed by atoms with van der Waals surface area (Å²) in [5, 5.41) is 0. The van der Waals surface area contributed by atoms with E-state index in [2.05, 4.69) is 11.8 Å². The van der Waals surface area contributed by atoms with Crippen LogP contribution in [-0.4, -0.2) is 24.5 Å². The molecule has 0 unspecified atom stereocenters. The number of nitrogens with two attached hydrogens (primary N) is 1. The first-order valence-electron chi connectivity index (χ1n) is 7.03. The average Bonchev–Trinajstić information content (AvgIpc) is 2.39. The molecule has 2 rings (SSSR count). The Labute approximate surface area is 117 Å². The first kappa shape index (κ1) is 15.3. The van der Waals surface area contributed by atoms with Crippen molar-refractivity contribution < 1.29 is 13.2 Å². The lowest BCUT2D eigenvalue weighted by atomic mass is 9.96. The van der Waals surface area contributed by atoms with Gasteiger partial charge in [-0.3, -0.25) is 4.90 Å². The van der Waals surface area contributed by atoms with Crippen LogP contribution >= 0.6 is 0 Å². The molecule has 0 aromatic heterocycles. The van der Waals surface area contributed by atoms with E-state index in [9.17, 15) is 13.2 Å². The molecule has 5 heteroatoms. The van der Waals surface area contributed by atoms with Crippen LogP contribution in [0, 0.1) is 5.92 Å². The number of alkyl halides is 3. The number of benzene rings is 1. The van der Waals surface area contributed by atoms with Gasteiger partial charge in [-0.1, -0.05) is 19.1 Å². The average molecular weight is 286 g/mol. The van der Waals surface area contributed by atoms with Crippen LogP contribution in [0.4, 0.5) is 13.2 Å². The van der Waals surface area contributed by atoms with Crippen molar-refractivity contribution in [2.24, 2.45) is 11.7 Å². The normalized spacial score (nSPS) is 22.8. The number of likely N-dealkylation sites (tertiary alicyclic amines) is 1. The standard InChI is InChI=1S/C15H21F3N2/c1-11-3-2-8-20(10-11)14(9-19)12-4-6-13(7-5-12)15(16,17)18/h4-7,11,14H,2-3,8-10,19H2,1H3/t11-,14-/m0/s1. The Kier molecular flexibility index (Phi) is 4.70. The molecule has 112 valence electrons. The molecule has 2 atom stereocenters. The van der Waals surface area contributed by atoms with Crippen LogP contribution in [0.2, 0.25) is 0 Å². The minimum Gasteiger partial charge on any atom is -0.329 e. The Morgan fingerprint density at radius 3 is 2.45 bits per heavy atom. The number of hydrogen-bond acceptors (Lipinski definition) is 2. The highest BCUT2D eigenvalue weighted by Crippen LogP contribution is 2.31. The van der Waals surface area contributed by atoms with E-state index < -0.39 is 11.7 Å². The summed E-state index contributed by atoms with van der Waals surface area (Å²) >= 11 is 0. The maximum atomic E-state index is 12.6. The van der Waals surface area contributed by atoms with Gasteiger partial charge in [-0.25, -0.2) is 0 Å². The van der Waals surface area contributed by atoms with Crippen molar-refractivity contribution in [3.63, 3.8) is 0 Å². The van der Waals surface area contributed by atoms with Crippen molar-refractivity contribution in [3.05, 3.63) is 35.4 Å². The first-order valence-corrected chi connectivity index (χ1v) is 7.03. The van der Waals surface area contributed by atoms with Crippen LogP contribution in [0.1, 0.15) is 36.9 Å². The highest BCUT2D eigenvalue weighted by molar-refractivity contribution is 5.27. The second kappa shape index (κ2) is 6.14. The summed E-state index contributed by atoms with van der Waals surface area (Å²) in [6, 6.07) is 5.41. The summed E-state index contributed by atoms with van der Waals surface area (Å²) in [6.45, 7) is 4.56. The second-order valence-electron chi connectivity index (χ2n) is 5.61. The van der Waals surface area contributed by atoms with Crippen molar-refractivity contribution in [1.82, 2.24) is 4.90 Å². The lowest BCUT2D eigenvalue weighted by molar-refractivity contribution is -0.137. The van der Waals surface area contributed by atoms with Gasteiger partial charge in [-0.05, 0) is 43.0 Å². The third-order valence-electron chi connectivity index (χ3n) is 3.98. The van der Waals surface area contributed by atoms with E-state index in [1.54, 1.807) is 12.1 Å². The Hall–Kier alpha value is -1.07. The van der Waals surface area contributed by atoms with E-state index in [4.69, 9.17) is 5.73 Å². The van der Waals surface area contributed by atoms with Crippen molar-refractivity contribution in [1.29, 1.82) is 0 Å². The SMILES string of the molecule is C[C@H]1CCCN([C@@H](CN)c2ccc(C(F)(F)F)cc2)C1. The lowest BCUT2D eigenvalue weighted by Gasteiger charge is -2.37. The van der Waals surface area contributed by atoms with Gasteiger partial charge in [0.05, 0.1) is 5.56 Å². The molecule has 0 aliphatic carbocycles. The van der Waals surface area contributed by atoms with Gasteiger partial charge in [0.2, 0.25) is 0 Å². The number of halogens is 3. The van der Waals surface area contributed by atoms with Gasteiger partial charge in [0.1, 0.15) is 0 Å². The van der Waals surface area contributed by atoms with E-state index in [1.165, 1.54) is 6.42 Å². The smallest absolute Gasteiger partial charge is 0.329 e. The fraction of sp³-hybridized carbons (Fsp3) is 0.600. The van der Waals surface area contributed by atoms with Gasteiger partial charge in [-0.2, -0.15) is 13.2 Å². The molecule has 1 fully saturated rings. The van der Waals surface area contributed by atoms with Gasteiger partial charge in [-0.15, -0.1) is 0 Å². The highest BCUT2D eigenvalue weighted by atomic mass is 19.4. The third-order valence-corrected chi connectivity index (χ3v) is 3.98. The molecule has 1 saturated heterocycles. The van der Waals surface area contributed by atoms with Crippen molar-refractivity contribution >= 4 is 0 Å². The molecule has 1 aliphatic heterocycles. The monoisotopic (exact) mass is 286 g/mol. The third kappa shape index (κ3) is 3.52. The fourth-order valence-corrected chi connectivity index (χ4v) is 2.90. The maximum absolute atomic E-state index is 12.6. The first-order chi connectivity index (χ1) is 9.41. The van der Waals surface area contributed by atoms with Crippen LogP contribution in [0.25, 0.3) is 0 Å². The van der Waals surface area contributed by atoms with E-state index in [1.807, 2.05) is 0 Å². The summed E-state index contributed by atoms with van der Waals surface area (Å²) in [7, 11) is 0. The molecule has 0 radical (unpaired) electrons. The Bertz CT molecular complexity index is 428. The molecule has 1 aliphatic rings. The van der Waals surface area contributed by atoms with Gasteiger partial charge >= 0.3 is 6.18 Å². The molecule has 1 heterocycles. The lowest BCUT2D eigenvalue weighted by Crippen LogP contribution is -2.40. The second-order valence-corrected chi connectivity index (χ2v) is 5.61. The molecule has 0 bridgehead atoms. The van der Waals surface area contributed by atoms with Crippen LogP contribution in [0.15, 0.2) is 24.3 Å². The summed E-state index contributed by atoms with van der Waals surface area (Å²) in [5.41, 5.74) is 6.10. The Morgan fingerprint density at radius 1 is 1.30 bits per heavy atom. The molecule has 1 aromatic carbocycles. The van der Waals surface area contributed by atoms with Gasteiger partial charge in [0.15, 0.2) is 0 Å². The highest BCUT2D eigenvalue weighted by Gasteiger charge is 2.31. The molecule has 1 aromatic rings. The van der Waals surface area contributed by atoms with Gasteiger partial charge in [0.25, 0.3) is 0 Å². The molecule has 0 amide bonds. The van der Waals surface area contributed by atoms with Gasteiger partial charge < -0.3 is 5.73 Å². The fourth-order valence-electron chi connectivity index (χ4n) is 2.90. The van der Waals surface area contributed by atoms with Crippen molar-refractivity contribution in [2.75, 3.05) is 19.6 Å². The number of hydrogen-bond donors (Lipinski definition) is 1. The van der Waals surface area contributed by atoms with Crippen molar-refractivity contribution in [3.8, 4) is 0 Å². The van der Waals surface area contributed by atoms with E-state index in [-0.39, 0.29) is 6.04 Å². The minimum atomic E-state index is -4.28. The zero-order valence-corrected chi connectivity index (χ0v) is 11.7. The number of piperidine rings is 1. The zero-order chi connectivity index (χ0) is 14.8. The molecule has 2 N–H and O–H groups in total. The van der Waals surface area contributed by atoms with Gasteiger partial charge in [0, 0.05) is 19.1 Å². The summed E-state index contributed by atoms with van der Waals surface area (Å²) in [5.74, 6) is 0.618. The van der Waals surface area contributed by atoms with Crippen LogP contribution in [0.5, 0.6) is 0 Å². The van der Waals surface area contributed by atoms with Crippen molar-refractivity contribution in [2.45, 2.75) is 32.0 Å². The predicted molar refractivity (Wildman–Crippen MR) is 73.2 cm³/mol. The number of nitrogens with zero attached hydrogens (tertiary/aromatic N) is 1. The molecule has 20 heavy (non-hydrogen) atoms. The minimum absolute atomic E-state index is 0.0139.